The Bertz CT molecular complexity index is 785. The maximum Gasteiger partial charge on any atom is 0.273 e. The molecule has 1 aliphatic rings. The van der Waals surface area contributed by atoms with E-state index in [1.807, 2.05) is 0 Å². The summed E-state index contributed by atoms with van der Waals surface area (Å²) in [5, 5.41) is 11.6. The molecule has 0 saturated carbocycles. The van der Waals surface area contributed by atoms with Crippen LogP contribution < -0.4 is 10.6 Å². The van der Waals surface area contributed by atoms with E-state index in [0.717, 1.165) is 0 Å². The van der Waals surface area contributed by atoms with Crippen molar-refractivity contribution in [1.82, 2.24) is 15.5 Å². The quantitative estimate of drug-likeness (QED) is 0.766. The van der Waals surface area contributed by atoms with E-state index in [1.54, 1.807) is 0 Å². The third-order valence-electron chi connectivity index (χ3n) is 3.80. The van der Waals surface area contributed by atoms with E-state index in [2.05, 4.69) is 20.8 Å². The van der Waals surface area contributed by atoms with Crippen molar-refractivity contribution in [2.24, 2.45) is 0 Å². The zero-order valence-electron chi connectivity index (χ0n) is 12.6. The summed E-state index contributed by atoms with van der Waals surface area (Å²) in [5.41, 5.74) is 1.04. The number of aromatic nitrogens is 2. The van der Waals surface area contributed by atoms with Gasteiger partial charge in [0.25, 0.3) is 5.91 Å². The van der Waals surface area contributed by atoms with E-state index in [4.69, 9.17) is 0 Å². The molecule has 3 rings (SSSR count). The lowest BCUT2D eigenvalue weighted by Crippen LogP contribution is -2.34. The molecule has 0 spiro atoms. The average molecular weight is 330 g/mol. The molecule has 1 saturated heterocycles. The molecule has 0 bridgehead atoms. The average Bonchev–Trinajstić information content (AvgIpc) is 3.18. The highest BCUT2D eigenvalue weighted by atomic mass is 19.1. The highest BCUT2D eigenvalue weighted by Crippen LogP contribution is 2.15. The number of ketones is 1. The van der Waals surface area contributed by atoms with Crippen LogP contribution in [0.5, 0.6) is 0 Å². The Balaban J connectivity index is 1.68. The van der Waals surface area contributed by atoms with Crippen LogP contribution in [0, 0.1) is 5.82 Å². The SMILES string of the molecule is O=C1CCC(C(=O)Cc2cn[nH]c2C(=O)Nc2ccc(F)cc2)N1. The summed E-state index contributed by atoms with van der Waals surface area (Å²) in [4.78, 5) is 35.7. The first-order valence-corrected chi connectivity index (χ1v) is 7.44. The third kappa shape index (κ3) is 3.48. The second kappa shape index (κ2) is 6.61. The van der Waals surface area contributed by atoms with E-state index < -0.39 is 17.8 Å². The predicted molar refractivity (Wildman–Crippen MR) is 82.8 cm³/mol. The number of aromatic amines is 1. The first-order valence-electron chi connectivity index (χ1n) is 7.44. The molecule has 1 aliphatic heterocycles. The minimum absolute atomic E-state index is 0.00633. The fourth-order valence-electron chi connectivity index (χ4n) is 2.54. The Labute approximate surface area is 136 Å². The monoisotopic (exact) mass is 330 g/mol. The van der Waals surface area contributed by atoms with Crippen LogP contribution in [0.25, 0.3) is 0 Å². The number of carbonyl (C=O) groups excluding carboxylic acids is 3. The van der Waals surface area contributed by atoms with E-state index in [-0.39, 0.29) is 23.8 Å². The molecule has 3 N–H and O–H groups in total. The summed E-state index contributed by atoms with van der Waals surface area (Å²) in [7, 11) is 0. The largest absolute Gasteiger partial charge is 0.346 e. The molecule has 0 radical (unpaired) electrons. The van der Waals surface area contributed by atoms with E-state index in [1.165, 1.54) is 30.5 Å². The normalized spacial score (nSPS) is 16.7. The van der Waals surface area contributed by atoms with Gasteiger partial charge >= 0.3 is 0 Å². The maximum atomic E-state index is 12.9. The van der Waals surface area contributed by atoms with E-state index in [9.17, 15) is 18.8 Å². The molecule has 7 nitrogen and oxygen atoms in total. The standard InChI is InChI=1S/C16H15FN4O3/c17-10-1-3-11(4-2-10)19-16(24)15-9(8-18-21-15)7-13(22)12-5-6-14(23)20-12/h1-4,8,12H,5-7H2,(H,18,21)(H,19,24)(H,20,23). The van der Waals surface area contributed by atoms with Gasteiger partial charge in [-0.3, -0.25) is 19.5 Å². The molecule has 1 aromatic carbocycles. The van der Waals surface area contributed by atoms with Gasteiger partial charge in [-0.05, 0) is 30.7 Å². The number of H-pyrrole nitrogens is 1. The van der Waals surface area contributed by atoms with E-state index >= 15 is 0 Å². The van der Waals surface area contributed by atoms with Crippen molar-refractivity contribution >= 4 is 23.3 Å². The van der Waals surface area contributed by atoms with Gasteiger partial charge < -0.3 is 10.6 Å². The minimum atomic E-state index is -0.514. The van der Waals surface area contributed by atoms with Crippen LogP contribution >= 0.6 is 0 Å². The van der Waals surface area contributed by atoms with Crippen LogP contribution in [0.4, 0.5) is 10.1 Å². The Morgan fingerprint density at radius 1 is 1.29 bits per heavy atom. The molecular formula is C16H15FN4O3. The molecule has 2 aromatic rings. The van der Waals surface area contributed by atoms with E-state index in [0.29, 0.717) is 24.1 Å². The molecule has 1 aromatic heterocycles. The molecular weight excluding hydrogens is 315 g/mol. The number of halogens is 1. The molecule has 1 unspecified atom stereocenters. The van der Waals surface area contributed by atoms with Crippen LogP contribution in [0.2, 0.25) is 0 Å². The molecule has 1 atom stereocenters. The zero-order valence-corrected chi connectivity index (χ0v) is 12.6. The van der Waals surface area contributed by atoms with Crippen molar-refractivity contribution in [2.45, 2.75) is 25.3 Å². The summed E-state index contributed by atoms with van der Waals surface area (Å²) < 4.78 is 12.9. The van der Waals surface area contributed by atoms with Crippen molar-refractivity contribution in [2.75, 3.05) is 5.32 Å². The number of carbonyl (C=O) groups is 3. The summed E-state index contributed by atoms with van der Waals surface area (Å²) in [6.45, 7) is 0. The van der Waals surface area contributed by atoms with Crippen LogP contribution in [0.1, 0.15) is 28.9 Å². The predicted octanol–water partition coefficient (Wildman–Crippen LogP) is 1.19. The van der Waals surface area contributed by atoms with Gasteiger partial charge in [0.15, 0.2) is 5.78 Å². The van der Waals surface area contributed by atoms with Gasteiger partial charge in [0, 0.05) is 24.1 Å². The summed E-state index contributed by atoms with van der Waals surface area (Å²) in [6, 6.07) is 4.82. The smallest absolute Gasteiger partial charge is 0.273 e. The highest BCUT2D eigenvalue weighted by molar-refractivity contribution is 6.05. The lowest BCUT2D eigenvalue weighted by molar-refractivity contribution is -0.124. The van der Waals surface area contributed by atoms with Gasteiger partial charge in [-0.2, -0.15) is 5.10 Å². The number of Topliss-reactive ketones (excluding diaryl/α,β-unsaturated/α-hetero) is 1. The van der Waals surface area contributed by atoms with Gasteiger partial charge in [-0.1, -0.05) is 0 Å². The zero-order chi connectivity index (χ0) is 17.1. The Morgan fingerprint density at radius 2 is 2.04 bits per heavy atom. The molecule has 2 amide bonds. The van der Waals surface area contributed by atoms with Crippen molar-refractivity contribution in [3.63, 3.8) is 0 Å². The number of nitrogens with one attached hydrogen (secondary N) is 3. The first-order chi connectivity index (χ1) is 11.5. The first kappa shape index (κ1) is 15.9. The van der Waals surface area contributed by atoms with Crippen LogP contribution in [-0.2, 0) is 16.0 Å². The van der Waals surface area contributed by atoms with Crippen molar-refractivity contribution in [3.8, 4) is 0 Å². The second-order valence-corrected chi connectivity index (χ2v) is 5.53. The highest BCUT2D eigenvalue weighted by Gasteiger charge is 2.28. The summed E-state index contributed by atoms with van der Waals surface area (Å²) >= 11 is 0. The van der Waals surface area contributed by atoms with Gasteiger partial charge in [-0.15, -0.1) is 0 Å². The van der Waals surface area contributed by atoms with Gasteiger partial charge in [-0.25, -0.2) is 4.39 Å². The van der Waals surface area contributed by atoms with Crippen molar-refractivity contribution in [3.05, 3.63) is 47.5 Å². The molecule has 0 aliphatic carbocycles. The molecule has 124 valence electrons. The van der Waals surface area contributed by atoms with Gasteiger partial charge in [0.2, 0.25) is 5.91 Å². The number of hydrogen-bond acceptors (Lipinski definition) is 4. The number of hydrogen-bond donors (Lipinski definition) is 3. The van der Waals surface area contributed by atoms with Crippen LogP contribution in [0.3, 0.4) is 0 Å². The Morgan fingerprint density at radius 3 is 2.71 bits per heavy atom. The second-order valence-electron chi connectivity index (χ2n) is 5.53. The number of amides is 2. The lowest BCUT2D eigenvalue weighted by Gasteiger charge is -2.09. The van der Waals surface area contributed by atoms with Crippen molar-refractivity contribution in [1.29, 1.82) is 0 Å². The Kier molecular flexibility index (Phi) is 4.37. The molecule has 8 heteroatoms. The number of benzene rings is 1. The summed E-state index contributed by atoms with van der Waals surface area (Å²) in [6.07, 6.45) is 2.20. The van der Waals surface area contributed by atoms with Gasteiger partial charge in [0.1, 0.15) is 11.5 Å². The molecule has 1 fully saturated rings. The molecule has 24 heavy (non-hydrogen) atoms. The fourth-order valence-corrected chi connectivity index (χ4v) is 2.54. The number of anilines is 1. The van der Waals surface area contributed by atoms with Gasteiger partial charge in [0.05, 0.1) is 12.2 Å². The van der Waals surface area contributed by atoms with Crippen molar-refractivity contribution < 1.29 is 18.8 Å². The maximum absolute atomic E-state index is 12.9. The summed E-state index contributed by atoms with van der Waals surface area (Å²) in [5.74, 6) is -1.19. The topological polar surface area (TPSA) is 104 Å². The van der Waals surface area contributed by atoms with Crippen LogP contribution in [-0.4, -0.2) is 33.8 Å². The molecule has 2 heterocycles. The number of nitrogens with zero attached hydrogens (tertiary/aromatic N) is 1. The third-order valence-corrected chi connectivity index (χ3v) is 3.80. The number of rotatable bonds is 5. The fraction of sp³-hybridized carbons (Fsp3) is 0.250. The lowest BCUT2D eigenvalue weighted by atomic mass is 10.0. The Hall–Kier alpha value is -3.03. The van der Waals surface area contributed by atoms with Crippen LogP contribution in [0.15, 0.2) is 30.5 Å². The minimum Gasteiger partial charge on any atom is -0.346 e.